The lowest BCUT2D eigenvalue weighted by Crippen LogP contribution is -2.46. The molecule has 0 amide bonds. The van der Waals surface area contributed by atoms with Gasteiger partial charge in [-0.2, -0.15) is 0 Å². The quantitative estimate of drug-likeness (QED) is 0.170. The standard InChI is InChI=1S/C20H30N2O10P2/c23-11-15-5-6-20(26)17(7-15)9-22(14-34(30,31)32)18(12-24)10-21(13-33(27,28)29)8-16-3-1-2-4-19(16)25/h1-7,18,23-26H,8-14H2,(H2,27,28,29)(H2,30,31,32). The topological polar surface area (TPSA) is 202 Å². The van der Waals surface area contributed by atoms with E-state index in [4.69, 9.17) is 0 Å². The number of aromatic hydroxyl groups is 2. The van der Waals surface area contributed by atoms with E-state index in [2.05, 4.69) is 0 Å². The van der Waals surface area contributed by atoms with Gasteiger partial charge in [0.1, 0.15) is 24.1 Å². The second kappa shape index (κ2) is 12.2. The molecule has 0 spiro atoms. The van der Waals surface area contributed by atoms with Gasteiger partial charge in [0.05, 0.1) is 13.2 Å². The van der Waals surface area contributed by atoms with E-state index in [1.165, 1.54) is 34.1 Å². The Labute approximate surface area is 196 Å². The lowest BCUT2D eigenvalue weighted by Gasteiger charge is -2.35. The summed E-state index contributed by atoms with van der Waals surface area (Å²) in [5.74, 6) is -0.289. The largest absolute Gasteiger partial charge is 0.508 e. The zero-order valence-electron chi connectivity index (χ0n) is 18.3. The van der Waals surface area contributed by atoms with Crippen LogP contribution in [-0.2, 0) is 28.8 Å². The summed E-state index contributed by atoms with van der Waals surface area (Å²) in [5, 5.41) is 39.6. The molecular weight excluding hydrogens is 490 g/mol. The van der Waals surface area contributed by atoms with Crippen molar-refractivity contribution < 1.29 is 49.1 Å². The smallest absolute Gasteiger partial charge is 0.339 e. The van der Waals surface area contributed by atoms with Crippen LogP contribution in [-0.4, -0.2) is 81.6 Å². The number of phenols is 2. The minimum Gasteiger partial charge on any atom is -0.508 e. The van der Waals surface area contributed by atoms with Gasteiger partial charge in [-0.3, -0.25) is 18.9 Å². The van der Waals surface area contributed by atoms with E-state index in [1.807, 2.05) is 0 Å². The zero-order valence-corrected chi connectivity index (χ0v) is 20.0. The second-order valence-electron chi connectivity index (χ2n) is 7.96. The number of benzene rings is 2. The van der Waals surface area contributed by atoms with Crippen molar-refractivity contribution in [2.75, 3.05) is 25.7 Å². The molecule has 2 aromatic carbocycles. The molecule has 12 nitrogen and oxygen atoms in total. The summed E-state index contributed by atoms with van der Waals surface area (Å²) in [6, 6.07) is 9.41. The molecule has 1 atom stereocenters. The van der Waals surface area contributed by atoms with Gasteiger partial charge >= 0.3 is 15.2 Å². The number of aliphatic hydroxyl groups is 2. The molecule has 34 heavy (non-hydrogen) atoms. The number of hydrogen-bond donors (Lipinski definition) is 8. The molecule has 0 radical (unpaired) electrons. The molecule has 190 valence electrons. The van der Waals surface area contributed by atoms with Gasteiger partial charge in [-0.05, 0) is 23.8 Å². The van der Waals surface area contributed by atoms with Crippen LogP contribution in [0, 0.1) is 0 Å². The molecule has 14 heteroatoms. The Morgan fingerprint density at radius 2 is 1.41 bits per heavy atom. The molecule has 0 aliphatic heterocycles. The molecule has 8 N–H and O–H groups in total. The second-order valence-corrected chi connectivity index (χ2v) is 11.2. The summed E-state index contributed by atoms with van der Waals surface area (Å²) >= 11 is 0. The molecule has 1 unspecified atom stereocenters. The number of nitrogens with zero attached hydrogens (tertiary/aromatic N) is 2. The first-order chi connectivity index (χ1) is 15.8. The van der Waals surface area contributed by atoms with E-state index in [9.17, 15) is 49.1 Å². The summed E-state index contributed by atoms with van der Waals surface area (Å²) in [6.45, 7) is -1.51. The molecular formula is C20H30N2O10P2. The van der Waals surface area contributed by atoms with Gasteiger partial charge < -0.3 is 40.0 Å². The molecule has 0 aliphatic carbocycles. The first-order valence-corrected chi connectivity index (χ1v) is 13.8. The maximum atomic E-state index is 11.8. The van der Waals surface area contributed by atoms with Crippen LogP contribution >= 0.6 is 15.2 Å². The third kappa shape index (κ3) is 9.44. The summed E-state index contributed by atoms with van der Waals surface area (Å²) in [6.07, 6.45) is -1.53. The van der Waals surface area contributed by atoms with Crippen molar-refractivity contribution in [3.63, 3.8) is 0 Å². The van der Waals surface area contributed by atoms with E-state index in [0.29, 0.717) is 11.1 Å². The average molecular weight is 520 g/mol. The molecule has 0 aromatic heterocycles. The van der Waals surface area contributed by atoms with Gasteiger partial charge in [0, 0.05) is 36.8 Å². The van der Waals surface area contributed by atoms with Crippen LogP contribution in [0.4, 0.5) is 0 Å². The van der Waals surface area contributed by atoms with Crippen LogP contribution in [0.3, 0.4) is 0 Å². The fourth-order valence-corrected chi connectivity index (χ4v) is 5.06. The Morgan fingerprint density at radius 1 is 0.794 bits per heavy atom. The maximum Gasteiger partial charge on any atom is 0.339 e. The number of hydrogen-bond acceptors (Lipinski definition) is 8. The Morgan fingerprint density at radius 3 is 1.97 bits per heavy atom. The maximum absolute atomic E-state index is 11.8. The van der Waals surface area contributed by atoms with Crippen molar-refractivity contribution >= 4 is 15.2 Å². The lowest BCUT2D eigenvalue weighted by molar-refractivity contribution is 0.0905. The molecule has 2 aromatic rings. The van der Waals surface area contributed by atoms with Crippen LogP contribution in [0.15, 0.2) is 42.5 Å². The van der Waals surface area contributed by atoms with Gasteiger partial charge in [-0.1, -0.05) is 24.3 Å². The molecule has 0 heterocycles. The minimum absolute atomic E-state index is 0.100. The highest BCUT2D eigenvalue weighted by Crippen LogP contribution is 2.39. The van der Waals surface area contributed by atoms with Gasteiger partial charge in [0.25, 0.3) is 0 Å². The van der Waals surface area contributed by atoms with Crippen molar-refractivity contribution in [3.05, 3.63) is 59.2 Å². The summed E-state index contributed by atoms with van der Waals surface area (Å²) in [5.41, 5.74) is 1.05. The molecule has 0 fully saturated rings. The first-order valence-electron chi connectivity index (χ1n) is 10.2. The van der Waals surface area contributed by atoms with Crippen molar-refractivity contribution in [3.8, 4) is 11.5 Å². The van der Waals surface area contributed by atoms with Gasteiger partial charge in [0.15, 0.2) is 0 Å². The summed E-state index contributed by atoms with van der Waals surface area (Å²) < 4.78 is 23.5. The zero-order chi connectivity index (χ0) is 25.5. The van der Waals surface area contributed by atoms with Crippen LogP contribution < -0.4 is 0 Å². The third-order valence-electron chi connectivity index (χ3n) is 5.03. The van der Waals surface area contributed by atoms with Crippen molar-refractivity contribution in [2.24, 2.45) is 0 Å². The predicted octanol–water partition coefficient (Wildman–Crippen LogP) is 0.526. The SMILES string of the molecule is O=P(O)(O)CN(Cc1ccccc1O)CC(CO)N(Cc1cc(CO)ccc1O)CP(=O)(O)O. The molecule has 0 aliphatic rings. The molecule has 0 saturated heterocycles. The number of rotatable bonds is 13. The van der Waals surface area contributed by atoms with Gasteiger partial charge in [-0.15, -0.1) is 0 Å². The normalized spacial score (nSPS) is 13.5. The molecule has 2 rings (SSSR count). The Hall–Kier alpha value is -1.82. The van der Waals surface area contributed by atoms with E-state index in [-0.39, 0.29) is 43.3 Å². The van der Waals surface area contributed by atoms with E-state index < -0.39 is 40.4 Å². The summed E-state index contributed by atoms with van der Waals surface area (Å²) in [7, 11) is -9.22. The number of phenolic OH excluding ortho intramolecular Hbond substituents is 2. The van der Waals surface area contributed by atoms with E-state index >= 15 is 0 Å². The fourth-order valence-electron chi connectivity index (χ4n) is 3.52. The van der Waals surface area contributed by atoms with Crippen molar-refractivity contribution in [1.29, 1.82) is 0 Å². The highest BCUT2D eigenvalue weighted by atomic mass is 31.2. The number of para-hydroxylation sites is 1. The fraction of sp³-hybridized carbons (Fsp3) is 0.400. The lowest BCUT2D eigenvalue weighted by atomic mass is 10.1. The highest BCUT2D eigenvalue weighted by molar-refractivity contribution is 7.51. The van der Waals surface area contributed by atoms with E-state index in [0.717, 1.165) is 0 Å². The van der Waals surface area contributed by atoms with E-state index in [1.54, 1.807) is 18.2 Å². The van der Waals surface area contributed by atoms with Crippen LogP contribution in [0.2, 0.25) is 0 Å². The Bertz CT molecular complexity index is 1040. The van der Waals surface area contributed by atoms with Crippen molar-refractivity contribution in [1.82, 2.24) is 9.80 Å². The van der Waals surface area contributed by atoms with Crippen LogP contribution in [0.25, 0.3) is 0 Å². The Balaban J connectivity index is 2.36. The summed E-state index contributed by atoms with van der Waals surface area (Å²) in [4.78, 5) is 40.7. The van der Waals surface area contributed by atoms with Crippen LogP contribution in [0.5, 0.6) is 11.5 Å². The Kier molecular flexibility index (Phi) is 10.2. The predicted molar refractivity (Wildman–Crippen MR) is 123 cm³/mol. The monoisotopic (exact) mass is 520 g/mol. The highest BCUT2D eigenvalue weighted by Gasteiger charge is 2.30. The minimum atomic E-state index is -4.65. The van der Waals surface area contributed by atoms with Gasteiger partial charge in [-0.25, -0.2) is 0 Å². The first kappa shape index (κ1) is 28.4. The molecule has 0 saturated carbocycles. The number of aliphatic hydroxyl groups excluding tert-OH is 2. The third-order valence-corrected chi connectivity index (χ3v) is 6.53. The average Bonchev–Trinajstić information content (AvgIpc) is 2.72. The van der Waals surface area contributed by atoms with Crippen LogP contribution in [0.1, 0.15) is 16.7 Å². The van der Waals surface area contributed by atoms with Gasteiger partial charge in [0.2, 0.25) is 0 Å². The van der Waals surface area contributed by atoms with Crippen molar-refractivity contribution in [2.45, 2.75) is 25.7 Å². The molecule has 0 bridgehead atoms.